The number of ether oxygens (including phenoxy) is 2. The van der Waals surface area contributed by atoms with E-state index in [9.17, 15) is 4.79 Å². The lowest BCUT2D eigenvalue weighted by atomic mass is 10.2. The van der Waals surface area contributed by atoms with E-state index in [-0.39, 0.29) is 12.5 Å². The van der Waals surface area contributed by atoms with Crippen molar-refractivity contribution >= 4 is 17.2 Å². The van der Waals surface area contributed by atoms with Gasteiger partial charge in [0.2, 0.25) is 6.10 Å². The summed E-state index contributed by atoms with van der Waals surface area (Å²) >= 11 is 1.62. The molecule has 0 bridgehead atoms. The molecule has 0 spiro atoms. The third-order valence-corrected chi connectivity index (χ3v) is 3.97. The smallest absolute Gasteiger partial charge is 0.264 e. The van der Waals surface area contributed by atoms with Gasteiger partial charge in [-0.15, -0.1) is 11.3 Å². The van der Waals surface area contributed by atoms with Gasteiger partial charge in [-0.25, -0.2) is 4.98 Å². The van der Waals surface area contributed by atoms with E-state index in [1.807, 2.05) is 30.5 Å². The summed E-state index contributed by atoms with van der Waals surface area (Å²) in [5, 5.41) is 5.91. The van der Waals surface area contributed by atoms with E-state index in [2.05, 4.69) is 10.3 Å². The molecule has 1 N–H and O–H groups in total. The second-order valence-electron chi connectivity index (χ2n) is 4.76. The highest BCUT2D eigenvalue weighted by Crippen LogP contribution is 2.30. The summed E-state index contributed by atoms with van der Waals surface area (Å²) in [6.07, 6.45) is 0.123. The summed E-state index contributed by atoms with van der Waals surface area (Å²) in [6.45, 7) is 2.75. The quantitative estimate of drug-likeness (QED) is 0.938. The van der Waals surface area contributed by atoms with Gasteiger partial charge in [0.05, 0.1) is 10.7 Å². The maximum absolute atomic E-state index is 12.1. The van der Waals surface area contributed by atoms with Gasteiger partial charge in [-0.3, -0.25) is 4.79 Å². The molecule has 6 heteroatoms. The van der Waals surface area contributed by atoms with Crippen LogP contribution in [0.5, 0.6) is 11.5 Å². The first-order chi connectivity index (χ1) is 10.2. The maximum atomic E-state index is 12.1. The lowest BCUT2D eigenvalue weighted by Crippen LogP contribution is -2.44. The van der Waals surface area contributed by atoms with Crippen molar-refractivity contribution in [2.75, 3.05) is 13.2 Å². The second kappa shape index (κ2) is 6.13. The molecule has 0 fully saturated rings. The Morgan fingerprint density at radius 3 is 3.00 bits per heavy atom. The molecule has 1 atom stereocenters. The predicted molar refractivity (Wildman–Crippen MR) is 79.9 cm³/mol. The molecule has 1 amide bonds. The minimum atomic E-state index is -0.600. The van der Waals surface area contributed by atoms with E-state index in [0.717, 1.165) is 17.1 Å². The number of rotatable bonds is 4. The average Bonchev–Trinajstić information content (AvgIpc) is 2.92. The lowest BCUT2D eigenvalue weighted by Gasteiger charge is -2.25. The number of aryl methyl sites for hydroxylation is 1. The first-order valence-electron chi connectivity index (χ1n) is 6.79. The Morgan fingerprint density at radius 1 is 1.43 bits per heavy atom. The fourth-order valence-corrected chi connectivity index (χ4v) is 2.75. The van der Waals surface area contributed by atoms with Crippen LogP contribution in [0.1, 0.15) is 10.7 Å². The van der Waals surface area contributed by atoms with Crippen LogP contribution in [0, 0.1) is 6.92 Å². The molecule has 3 rings (SSSR count). The van der Waals surface area contributed by atoms with Gasteiger partial charge in [0, 0.05) is 18.3 Å². The number of fused-ring (bicyclic) bond motifs is 1. The van der Waals surface area contributed by atoms with Gasteiger partial charge in [0.25, 0.3) is 5.91 Å². The van der Waals surface area contributed by atoms with Crippen LogP contribution in [0.25, 0.3) is 0 Å². The normalized spacial score (nSPS) is 16.5. The third kappa shape index (κ3) is 3.33. The number of amides is 1. The summed E-state index contributed by atoms with van der Waals surface area (Å²) in [5.41, 5.74) is 1.00. The number of thiazole rings is 1. The predicted octanol–water partition coefficient (Wildman–Crippen LogP) is 1.95. The number of carbonyl (C=O) groups is 1. The number of benzene rings is 1. The molecule has 1 aliphatic rings. The lowest BCUT2D eigenvalue weighted by molar-refractivity contribution is -0.130. The summed E-state index contributed by atoms with van der Waals surface area (Å²) in [5.74, 6) is 1.13. The fraction of sp³-hybridized carbons (Fsp3) is 0.333. The van der Waals surface area contributed by atoms with Gasteiger partial charge in [-0.2, -0.15) is 0 Å². The molecule has 1 aliphatic heterocycles. The topological polar surface area (TPSA) is 60.5 Å². The molecule has 0 saturated heterocycles. The van der Waals surface area contributed by atoms with Gasteiger partial charge >= 0.3 is 0 Å². The van der Waals surface area contributed by atoms with Crippen LogP contribution < -0.4 is 14.8 Å². The average molecular weight is 304 g/mol. The maximum Gasteiger partial charge on any atom is 0.264 e. The SMILES string of the molecule is Cc1nc(CCNC(=O)[C@@H]2COc3ccccc3O2)cs1. The molecule has 2 heterocycles. The Morgan fingerprint density at radius 2 is 2.24 bits per heavy atom. The number of para-hydroxylation sites is 2. The van der Waals surface area contributed by atoms with E-state index >= 15 is 0 Å². The van der Waals surface area contributed by atoms with Crippen LogP contribution >= 0.6 is 11.3 Å². The van der Waals surface area contributed by atoms with Crippen LogP contribution in [0.3, 0.4) is 0 Å². The number of nitrogens with one attached hydrogen (secondary N) is 1. The molecule has 2 aromatic rings. The zero-order valence-electron chi connectivity index (χ0n) is 11.7. The monoisotopic (exact) mass is 304 g/mol. The molecule has 21 heavy (non-hydrogen) atoms. The highest BCUT2D eigenvalue weighted by atomic mass is 32.1. The van der Waals surface area contributed by atoms with E-state index in [1.54, 1.807) is 17.4 Å². The van der Waals surface area contributed by atoms with Gasteiger partial charge in [-0.05, 0) is 19.1 Å². The number of hydrogen-bond donors (Lipinski definition) is 1. The number of aromatic nitrogens is 1. The van der Waals surface area contributed by atoms with Gasteiger partial charge in [-0.1, -0.05) is 12.1 Å². The Balaban J connectivity index is 1.50. The van der Waals surface area contributed by atoms with Gasteiger partial charge in [0.1, 0.15) is 6.61 Å². The largest absolute Gasteiger partial charge is 0.485 e. The summed E-state index contributed by atoms with van der Waals surface area (Å²) in [7, 11) is 0. The van der Waals surface area contributed by atoms with Gasteiger partial charge in [0.15, 0.2) is 11.5 Å². The molecular formula is C15H16N2O3S. The van der Waals surface area contributed by atoms with E-state index in [1.165, 1.54) is 0 Å². The van der Waals surface area contributed by atoms with Crippen molar-refractivity contribution in [2.24, 2.45) is 0 Å². The Labute approximate surface area is 126 Å². The first-order valence-corrected chi connectivity index (χ1v) is 7.67. The van der Waals surface area contributed by atoms with Crippen molar-refractivity contribution < 1.29 is 14.3 Å². The zero-order valence-corrected chi connectivity index (χ0v) is 12.5. The Bertz CT molecular complexity index is 641. The van der Waals surface area contributed by atoms with Crippen LogP contribution in [0.15, 0.2) is 29.6 Å². The van der Waals surface area contributed by atoms with E-state index in [0.29, 0.717) is 18.0 Å². The molecular weight excluding hydrogens is 288 g/mol. The van der Waals surface area contributed by atoms with Crippen molar-refractivity contribution in [3.8, 4) is 11.5 Å². The van der Waals surface area contributed by atoms with Crippen LogP contribution in [-0.4, -0.2) is 30.1 Å². The molecule has 1 aromatic carbocycles. The molecule has 0 saturated carbocycles. The number of nitrogens with zero attached hydrogens (tertiary/aromatic N) is 1. The second-order valence-corrected chi connectivity index (χ2v) is 5.83. The van der Waals surface area contributed by atoms with Crippen LogP contribution in [0.4, 0.5) is 0 Å². The van der Waals surface area contributed by atoms with E-state index in [4.69, 9.17) is 9.47 Å². The van der Waals surface area contributed by atoms with Crippen LogP contribution in [-0.2, 0) is 11.2 Å². The van der Waals surface area contributed by atoms with Crippen molar-refractivity contribution in [3.05, 3.63) is 40.3 Å². The molecule has 5 nitrogen and oxygen atoms in total. The summed E-state index contributed by atoms with van der Waals surface area (Å²) < 4.78 is 11.2. The number of carbonyl (C=O) groups excluding carboxylic acids is 1. The third-order valence-electron chi connectivity index (χ3n) is 3.15. The molecule has 1 aromatic heterocycles. The highest BCUT2D eigenvalue weighted by Gasteiger charge is 2.26. The molecule has 0 aliphatic carbocycles. The van der Waals surface area contributed by atoms with Crippen molar-refractivity contribution in [3.63, 3.8) is 0 Å². The summed E-state index contributed by atoms with van der Waals surface area (Å²) in [6, 6.07) is 7.35. The van der Waals surface area contributed by atoms with Crippen LogP contribution in [0.2, 0.25) is 0 Å². The standard InChI is InChI=1S/C15H16N2O3S/c1-10-17-11(9-21-10)6-7-16-15(18)14-8-19-12-4-2-3-5-13(12)20-14/h2-5,9,14H,6-8H2,1H3,(H,16,18)/t14-/m0/s1. The minimum absolute atomic E-state index is 0.156. The molecule has 0 unspecified atom stereocenters. The Hall–Kier alpha value is -2.08. The van der Waals surface area contributed by atoms with E-state index < -0.39 is 6.10 Å². The highest BCUT2D eigenvalue weighted by molar-refractivity contribution is 7.09. The number of hydrogen-bond acceptors (Lipinski definition) is 5. The summed E-state index contributed by atoms with van der Waals surface area (Å²) in [4.78, 5) is 16.4. The fourth-order valence-electron chi connectivity index (χ4n) is 2.10. The van der Waals surface area contributed by atoms with Crippen molar-refractivity contribution in [1.82, 2.24) is 10.3 Å². The van der Waals surface area contributed by atoms with Gasteiger partial charge < -0.3 is 14.8 Å². The molecule has 110 valence electrons. The zero-order chi connectivity index (χ0) is 14.7. The Kier molecular flexibility index (Phi) is 4.06. The van der Waals surface area contributed by atoms with Crippen molar-refractivity contribution in [1.29, 1.82) is 0 Å². The minimum Gasteiger partial charge on any atom is -0.485 e. The molecule has 0 radical (unpaired) electrons. The first kappa shape index (κ1) is 13.9. The van der Waals surface area contributed by atoms with Crippen molar-refractivity contribution in [2.45, 2.75) is 19.4 Å².